The number of anilines is 1. The summed E-state index contributed by atoms with van der Waals surface area (Å²) in [5.74, 6) is 0.960. The highest BCUT2D eigenvalue weighted by molar-refractivity contribution is 7.22. The van der Waals surface area contributed by atoms with E-state index in [2.05, 4.69) is 15.3 Å². The van der Waals surface area contributed by atoms with Crippen molar-refractivity contribution in [3.63, 3.8) is 0 Å². The van der Waals surface area contributed by atoms with Crippen LogP contribution in [0.5, 0.6) is 0 Å². The number of nitrogens with one attached hydrogen (secondary N) is 1. The molecule has 4 aromatic rings. The van der Waals surface area contributed by atoms with Crippen LogP contribution < -0.4 is 5.32 Å². The van der Waals surface area contributed by atoms with Gasteiger partial charge >= 0.3 is 0 Å². The molecule has 0 fully saturated rings. The molecule has 0 unspecified atom stereocenters. The molecule has 0 bridgehead atoms. The number of hydrogen-bond donors (Lipinski definition) is 1. The molecule has 5 nitrogen and oxygen atoms in total. The summed E-state index contributed by atoms with van der Waals surface area (Å²) in [6, 6.07) is 15.0. The highest BCUT2D eigenvalue weighted by Crippen LogP contribution is 2.28. The molecule has 0 aliphatic carbocycles. The van der Waals surface area contributed by atoms with E-state index in [1.807, 2.05) is 49.4 Å². The molecule has 0 aliphatic heterocycles. The van der Waals surface area contributed by atoms with Crippen LogP contribution in [0, 0.1) is 6.92 Å². The number of benzene rings is 2. The SMILES string of the molecule is Cc1oc(-c2ccccc2)nc1CC(=O)Nc1nc2ccc(Cl)cc2s1. The summed E-state index contributed by atoms with van der Waals surface area (Å²) in [5.41, 5.74) is 2.30. The van der Waals surface area contributed by atoms with Gasteiger partial charge in [0.05, 0.1) is 22.3 Å². The molecule has 0 aliphatic rings. The maximum Gasteiger partial charge on any atom is 0.232 e. The Balaban J connectivity index is 1.50. The Morgan fingerprint density at radius 2 is 2.00 bits per heavy atom. The molecular formula is C19H14ClN3O2S. The van der Waals surface area contributed by atoms with E-state index in [1.165, 1.54) is 11.3 Å². The van der Waals surface area contributed by atoms with E-state index in [4.69, 9.17) is 16.0 Å². The largest absolute Gasteiger partial charge is 0.441 e. The fourth-order valence-corrected chi connectivity index (χ4v) is 3.72. The minimum Gasteiger partial charge on any atom is -0.441 e. The summed E-state index contributed by atoms with van der Waals surface area (Å²) in [6.07, 6.45) is 0.124. The fourth-order valence-electron chi connectivity index (χ4n) is 2.56. The molecule has 0 spiro atoms. The van der Waals surface area contributed by atoms with Gasteiger partial charge in [0.1, 0.15) is 5.76 Å². The van der Waals surface area contributed by atoms with Crippen LogP contribution >= 0.6 is 22.9 Å². The van der Waals surface area contributed by atoms with Crippen molar-refractivity contribution in [2.75, 3.05) is 5.32 Å². The zero-order valence-corrected chi connectivity index (χ0v) is 15.4. The normalized spacial score (nSPS) is 11.0. The van der Waals surface area contributed by atoms with Gasteiger partial charge in [0.25, 0.3) is 0 Å². The summed E-state index contributed by atoms with van der Waals surface area (Å²) in [7, 11) is 0. The lowest BCUT2D eigenvalue weighted by atomic mass is 10.2. The van der Waals surface area contributed by atoms with E-state index in [9.17, 15) is 4.79 Å². The van der Waals surface area contributed by atoms with Gasteiger partial charge in [0, 0.05) is 10.6 Å². The van der Waals surface area contributed by atoms with Crippen molar-refractivity contribution in [2.24, 2.45) is 0 Å². The first kappa shape index (κ1) is 16.8. The third-order valence-electron chi connectivity index (χ3n) is 3.84. The number of halogens is 1. The van der Waals surface area contributed by atoms with Crippen LogP contribution in [-0.2, 0) is 11.2 Å². The molecule has 0 radical (unpaired) electrons. The molecule has 0 atom stereocenters. The lowest BCUT2D eigenvalue weighted by Crippen LogP contribution is -2.14. The van der Waals surface area contributed by atoms with Gasteiger partial charge in [-0.1, -0.05) is 41.1 Å². The average Bonchev–Trinajstić information content (AvgIpc) is 3.18. The molecule has 1 N–H and O–H groups in total. The average molecular weight is 384 g/mol. The van der Waals surface area contributed by atoms with Crippen LogP contribution in [-0.4, -0.2) is 15.9 Å². The molecule has 0 saturated carbocycles. The maximum absolute atomic E-state index is 12.4. The Kier molecular flexibility index (Phi) is 4.44. The van der Waals surface area contributed by atoms with Gasteiger partial charge in [-0.3, -0.25) is 4.79 Å². The van der Waals surface area contributed by atoms with Crippen molar-refractivity contribution in [3.05, 3.63) is 65.0 Å². The van der Waals surface area contributed by atoms with Crippen LogP contribution in [0.3, 0.4) is 0 Å². The number of carbonyl (C=O) groups excluding carboxylic acids is 1. The second kappa shape index (κ2) is 6.90. The molecule has 26 heavy (non-hydrogen) atoms. The zero-order chi connectivity index (χ0) is 18.1. The van der Waals surface area contributed by atoms with Gasteiger partial charge in [-0.15, -0.1) is 0 Å². The molecule has 2 aromatic heterocycles. The molecule has 7 heteroatoms. The predicted octanol–water partition coefficient (Wildman–Crippen LogP) is 5.09. The second-order valence-electron chi connectivity index (χ2n) is 5.74. The topological polar surface area (TPSA) is 68.0 Å². The summed E-state index contributed by atoms with van der Waals surface area (Å²) in [5, 5.41) is 4.00. The lowest BCUT2D eigenvalue weighted by molar-refractivity contribution is -0.115. The van der Waals surface area contributed by atoms with E-state index in [0.717, 1.165) is 15.8 Å². The number of hydrogen-bond acceptors (Lipinski definition) is 5. The molecule has 1 amide bonds. The molecule has 0 saturated heterocycles. The molecule has 4 rings (SSSR count). The monoisotopic (exact) mass is 383 g/mol. The van der Waals surface area contributed by atoms with Crippen molar-refractivity contribution in [1.29, 1.82) is 0 Å². The Morgan fingerprint density at radius 1 is 1.19 bits per heavy atom. The van der Waals surface area contributed by atoms with Crippen molar-refractivity contribution in [1.82, 2.24) is 9.97 Å². The third-order valence-corrected chi connectivity index (χ3v) is 5.01. The summed E-state index contributed by atoms with van der Waals surface area (Å²) in [4.78, 5) is 21.2. The van der Waals surface area contributed by atoms with Gasteiger partial charge in [0.15, 0.2) is 5.13 Å². The molecule has 2 aromatic carbocycles. The third kappa shape index (κ3) is 3.47. The van der Waals surface area contributed by atoms with Crippen LogP contribution in [0.2, 0.25) is 5.02 Å². The first-order valence-corrected chi connectivity index (χ1v) is 9.15. The zero-order valence-electron chi connectivity index (χ0n) is 13.8. The number of oxazole rings is 1. The Morgan fingerprint density at radius 3 is 2.81 bits per heavy atom. The summed E-state index contributed by atoms with van der Waals surface area (Å²) in [6.45, 7) is 1.81. The first-order valence-electron chi connectivity index (χ1n) is 7.96. The van der Waals surface area contributed by atoms with E-state index in [1.54, 1.807) is 6.07 Å². The number of amides is 1. The van der Waals surface area contributed by atoms with Crippen molar-refractivity contribution in [3.8, 4) is 11.5 Å². The molecule has 2 heterocycles. The number of aromatic nitrogens is 2. The molecular weight excluding hydrogens is 370 g/mol. The summed E-state index contributed by atoms with van der Waals surface area (Å²) >= 11 is 7.37. The second-order valence-corrected chi connectivity index (χ2v) is 7.21. The van der Waals surface area contributed by atoms with Crippen LogP contribution in [0.15, 0.2) is 52.9 Å². The van der Waals surface area contributed by atoms with Crippen molar-refractivity contribution >= 4 is 44.2 Å². The van der Waals surface area contributed by atoms with Crippen LogP contribution in [0.25, 0.3) is 21.7 Å². The van der Waals surface area contributed by atoms with E-state index >= 15 is 0 Å². The number of aryl methyl sites for hydroxylation is 1. The lowest BCUT2D eigenvalue weighted by Gasteiger charge is -1.99. The van der Waals surface area contributed by atoms with E-state index < -0.39 is 0 Å². The number of carbonyl (C=O) groups is 1. The van der Waals surface area contributed by atoms with Gasteiger partial charge in [-0.05, 0) is 37.3 Å². The number of thiazole rings is 1. The Hall–Kier alpha value is -2.70. The van der Waals surface area contributed by atoms with Gasteiger partial charge in [-0.25, -0.2) is 9.97 Å². The number of fused-ring (bicyclic) bond motifs is 1. The standard InChI is InChI=1S/C19H14ClN3O2S/c1-11-15(21-18(25-11)12-5-3-2-4-6-12)10-17(24)23-19-22-14-8-7-13(20)9-16(14)26-19/h2-9H,10H2,1H3,(H,22,23,24). The van der Waals surface area contributed by atoms with Gasteiger partial charge in [-0.2, -0.15) is 0 Å². The number of rotatable bonds is 4. The van der Waals surface area contributed by atoms with E-state index in [0.29, 0.717) is 27.5 Å². The quantitative estimate of drug-likeness (QED) is 0.532. The molecule has 130 valence electrons. The Bertz CT molecular complexity index is 1090. The van der Waals surface area contributed by atoms with Crippen molar-refractivity contribution < 1.29 is 9.21 Å². The first-order chi connectivity index (χ1) is 12.6. The van der Waals surface area contributed by atoms with Crippen LogP contribution in [0.1, 0.15) is 11.5 Å². The fraction of sp³-hybridized carbons (Fsp3) is 0.105. The van der Waals surface area contributed by atoms with Crippen LogP contribution in [0.4, 0.5) is 5.13 Å². The highest BCUT2D eigenvalue weighted by Gasteiger charge is 2.16. The predicted molar refractivity (Wildman–Crippen MR) is 104 cm³/mol. The Labute approximate surface area is 158 Å². The maximum atomic E-state index is 12.4. The van der Waals surface area contributed by atoms with Crippen molar-refractivity contribution in [2.45, 2.75) is 13.3 Å². The minimum absolute atomic E-state index is 0.124. The van der Waals surface area contributed by atoms with Gasteiger partial charge < -0.3 is 9.73 Å². The van der Waals surface area contributed by atoms with Gasteiger partial charge in [0.2, 0.25) is 11.8 Å². The number of nitrogens with zero attached hydrogens (tertiary/aromatic N) is 2. The smallest absolute Gasteiger partial charge is 0.232 e. The minimum atomic E-state index is -0.189. The highest BCUT2D eigenvalue weighted by atomic mass is 35.5. The van der Waals surface area contributed by atoms with E-state index in [-0.39, 0.29) is 12.3 Å². The summed E-state index contributed by atoms with van der Waals surface area (Å²) < 4.78 is 6.62.